The summed E-state index contributed by atoms with van der Waals surface area (Å²) in [6.07, 6.45) is 8.74. The Bertz CT molecular complexity index is 737. The molecule has 0 bridgehead atoms. The Balaban J connectivity index is 1.68. The summed E-state index contributed by atoms with van der Waals surface area (Å²) in [5, 5.41) is 13.6. The molecule has 1 aliphatic rings. The molecule has 0 saturated heterocycles. The largest absolute Gasteiger partial charge is 0.316 e. The van der Waals surface area contributed by atoms with Crippen LogP contribution in [0.5, 0.6) is 0 Å². The molecule has 0 aliphatic heterocycles. The first-order valence-electron chi connectivity index (χ1n) is 7.52. The predicted molar refractivity (Wildman–Crippen MR) is 91.7 cm³/mol. The Morgan fingerprint density at radius 3 is 2.87 bits per heavy atom. The van der Waals surface area contributed by atoms with Gasteiger partial charge in [-0.05, 0) is 37.3 Å². The summed E-state index contributed by atoms with van der Waals surface area (Å²) in [6, 6.07) is 4.01. The van der Waals surface area contributed by atoms with Gasteiger partial charge >= 0.3 is 0 Å². The Morgan fingerprint density at radius 2 is 2.09 bits per heavy atom. The zero-order chi connectivity index (χ0) is 16.1. The number of carbonyl (C=O) groups excluding carboxylic acids is 1. The van der Waals surface area contributed by atoms with E-state index in [0.717, 1.165) is 31.2 Å². The van der Waals surface area contributed by atoms with Crippen LogP contribution in [0.15, 0.2) is 23.6 Å². The number of nitrogens with one attached hydrogen (secondary N) is 1. The topological polar surface area (TPSA) is 78.7 Å². The van der Waals surface area contributed by atoms with Crippen LogP contribution in [0.4, 0.5) is 5.00 Å². The minimum absolute atomic E-state index is 0.129. The van der Waals surface area contributed by atoms with Crippen molar-refractivity contribution in [2.75, 3.05) is 11.1 Å². The van der Waals surface area contributed by atoms with E-state index in [0.29, 0.717) is 15.7 Å². The molecule has 1 aliphatic carbocycles. The molecule has 0 atom stereocenters. The maximum atomic E-state index is 12.1. The summed E-state index contributed by atoms with van der Waals surface area (Å²) >= 11 is 2.84. The maximum Gasteiger partial charge on any atom is 0.235 e. The Morgan fingerprint density at radius 1 is 1.30 bits per heavy atom. The number of thiophene rings is 1. The van der Waals surface area contributed by atoms with Crippen molar-refractivity contribution in [3.05, 3.63) is 34.5 Å². The van der Waals surface area contributed by atoms with Gasteiger partial charge in [-0.2, -0.15) is 5.26 Å². The van der Waals surface area contributed by atoms with E-state index in [9.17, 15) is 10.1 Å². The molecule has 0 unspecified atom stereocenters. The van der Waals surface area contributed by atoms with Crippen LogP contribution in [0.25, 0.3) is 0 Å². The highest BCUT2D eigenvalue weighted by atomic mass is 32.2. The van der Waals surface area contributed by atoms with E-state index >= 15 is 0 Å². The van der Waals surface area contributed by atoms with E-state index in [1.165, 1.54) is 23.1 Å². The van der Waals surface area contributed by atoms with Crippen LogP contribution < -0.4 is 5.32 Å². The lowest BCUT2D eigenvalue weighted by Gasteiger charge is -2.03. The van der Waals surface area contributed by atoms with E-state index < -0.39 is 0 Å². The number of carbonyl (C=O) groups is 1. The van der Waals surface area contributed by atoms with Crippen molar-refractivity contribution in [1.29, 1.82) is 5.26 Å². The summed E-state index contributed by atoms with van der Waals surface area (Å²) in [5.41, 5.74) is 1.80. The summed E-state index contributed by atoms with van der Waals surface area (Å²) in [5.74, 6) is 0.104. The lowest BCUT2D eigenvalue weighted by molar-refractivity contribution is -0.113. The van der Waals surface area contributed by atoms with E-state index in [2.05, 4.69) is 21.4 Å². The molecule has 2 aromatic heterocycles. The number of fused-ring (bicyclic) bond motifs is 1. The number of aryl methyl sites for hydroxylation is 1. The Labute approximate surface area is 143 Å². The number of thioether (sulfide) groups is 1. The fourth-order valence-electron chi connectivity index (χ4n) is 2.60. The zero-order valence-corrected chi connectivity index (χ0v) is 14.2. The predicted octanol–water partition coefficient (Wildman–Crippen LogP) is 3.41. The molecule has 0 radical (unpaired) electrons. The SMILES string of the molecule is N#Cc1c(NC(=O)CSc2ncccn2)sc2c1CCCCC2. The molecule has 0 fully saturated rings. The number of anilines is 1. The third-order valence-corrected chi connectivity index (χ3v) is 5.74. The van der Waals surface area contributed by atoms with Crippen LogP contribution in [-0.4, -0.2) is 21.6 Å². The number of amides is 1. The molecule has 7 heteroatoms. The molecule has 0 spiro atoms. The number of nitriles is 1. The monoisotopic (exact) mass is 344 g/mol. The Kier molecular flexibility index (Phi) is 5.26. The van der Waals surface area contributed by atoms with Crippen molar-refractivity contribution in [3.8, 4) is 6.07 Å². The number of aromatic nitrogens is 2. The molecule has 118 valence electrons. The van der Waals surface area contributed by atoms with Gasteiger partial charge in [0.25, 0.3) is 0 Å². The van der Waals surface area contributed by atoms with Gasteiger partial charge in [0, 0.05) is 17.3 Å². The minimum atomic E-state index is -0.129. The van der Waals surface area contributed by atoms with Gasteiger partial charge < -0.3 is 5.32 Å². The summed E-state index contributed by atoms with van der Waals surface area (Å²) < 4.78 is 0. The highest BCUT2D eigenvalue weighted by molar-refractivity contribution is 7.99. The van der Waals surface area contributed by atoms with Crippen LogP contribution in [0.2, 0.25) is 0 Å². The Hall–Kier alpha value is -1.91. The molecule has 5 nitrogen and oxygen atoms in total. The normalized spacial score (nSPS) is 13.7. The fraction of sp³-hybridized carbons (Fsp3) is 0.375. The van der Waals surface area contributed by atoms with Crippen molar-refractivity contribution in [2.45, 2.75) is 37.3 Å². The van der Waals surface area contributed by atoms with Crippen molar-refractivity contribution < 1.29 is 4.79 Å². The fourth-order valence-corrected chi connectivity index (χ4v) is 4.46. The van der Waals surface area contributed by atoms with Crippen LogP contribution >= 0.6 is 23.1 Å². The lowest BCUT2D eigenvalue weighted by atomic mass is 10.1. The maximum absolute atomic E-state index is 12.1. The summed E-state index contributed by atoms with van der Waals surface area (Å²) in [6.45, 7) is 0. The second kappa shape index (κ2) is 7.57. The van der Waals surface area contributed by atoms with Crippen molar-refractivity contribution >= 4 is 34.0 Å². The highest BCUT2D eigenvalue weighted by Crippen LogP contribution is 2.37. The first kappa shape index (κ1) is 16.0. The standard InChI is InChI=1S/C16H16N4OS2/c17-9-12-11-5-2-1-3-6-13(11)23-15(12)20-14(21)10-22-16-18-7-4-8-19-16/h4,7-8H,1-3,5-6,10H2,(H,20,21). The summed E-state index contributed by atoms with van der Waals surface area (Å²) in [7, 11) is 0. The first-order chi connectivity index (χ1) is 11.3. The second-order valence-electron chi connectivity index (χ2n) is 5.25. The summed E-state index contributed by atoms with van der Waals surface area (Å²) in [4.78, 5) is 21.6. The first-order valence-corrected chi connectivity index (χ1v) is 9.32. The van der Waals surface area contributed by atoms with Gasteiger partial charge in [0.2, 0.25) is 5.91 Å². The molecular formula is C16H16N4OS2. The third kappa shape index (κ3) is 3.89. The highest BCUT2D eigenvalue weighted by Gasteiger charge is 2.21. The van der Waals surface area contributed by atoms with Crippen LogP contribution in [0.1, 0.15) is 35.3 Å². The van der Waals surface area contributed by atoms with Gasteiger partial charge in [-0.25, -0.2) is 9.97 Å². The van der Waals surface area contributed by atoms with Crippen molar-refractivity contribution in [2.24, 2.45) is 0 Å². The van der Waals surface area contributed by atoms with Gasteiger partial charge in [0.05, 0.1) is 11.3 Å². The molecule has 2 aromatic rings. The van der Waals surface area contributed by atoms with Gasteiger partial charge in [0.1, 0.15) is 11.1 Å². The number of nitrogens with zero attached hydrogens (tertiary/aromatic N) is 3. The zero-order valence-electron chi connectivity index (χ0n) is 12.5. The average molecular weight is 344 g/mol. The lowest BCUT2D eigenvalue weighted by Crippen LogP contribution is -2.14. The number of rotatable bonds is 4. The van der Waals surface area contributed by atoms with Crippen LogP contribution in [-0.2, 0) is 17.6 Å². The smallest absolute Gasteiger partial charge is 0.235 e. The van der Waals surface area contributed by atoms with E-state index in [4.69, 9.17) is 0 Å². The number of hydrogen-bond donors (Lipinski definition) is 1. The molecule has 1 amide bonds. The van der Waals surface area contributed by atoms with Crippen LogP contribution in [0.3, 0.4) is 0 Å². The molecular weight excluding hydrogens is 328 g/mol. The van der Waals surface area contributed by atoms with Crippen LogP contribution in [0, 0.1) is 11.3 Å². The van der Waals surface area contributed by atoms with E-state index in [-0.39, 0.29) is 11.7 Å². The molecule has 0 saturated carbocycles. The second-order valence-corrected chi connectivity index (χ2v) is 7.30. The van der Waals surface area contributed by atoms with Gasteiger partial charge in [-0.15, -0.1) is 11.3 Å². The quantitative estimate of drug-likeness (QED) is 0.522. The van der Waals surface area contributed by atoms with Gasteiger partial charge in [-0.3, -0.25) is 4.79 Å². The van der Waals surface area contributed by atoms with Gasteiger partial charge in [-0.1, -0.05) is 18.2 Å². The van der Waals surface area contributed by atoms with Crippen molar-refractivity contribution in [1.82, 2.24) is 9.97 Å². The third-order valence-electron chi connectivity index (χ3n) is 3.66. The van der Waals surface area contributed by atoms with Crippen molar-refractivity contribution in [3.63, 3.8) is 0 Å². The minimum Gasteiger partial charge on any atom is -0.316 e. The van der Waals surface area contributed by atoms with Gasteiger partial charge in [0.15, 0.2) is 5.16 Å². The van der Waals surface area contributed by atoms with E-state index in [1.807, 2.05) is 0 Å². The number of hydrogen-bond acceptors (Lipinski definition) is 6. The molecule has 2 heterocycles. The molecule has 23 heavy (non-hydrogen) atoms. The van der Waals surface area contributed by atoms with E-state index in [1.54, 1.807) is 29.8 Å². The molecule has 0 aromatic carbocycles. The molecule has 1 N–H and O–H groups in total. The molecule has 3 rings (SSSR count). The average Bonchev–Trinajstić information content (AvgIpc) is 2.74.